The van der Waals surface area contributed by atoms with Crippen LogP contribution in [-0.2, 0) is 23.1 Å². The summed E-state index contributed by atoms with van der Waals surface area (Å²) in [6.45, 7) is 5.02. The van der Waals surface area contributed by atoms with Gasteiger partial charge in [-0.2, -0.15) is 0 Å². The van der Waals surface area contributed by atoms with Gasteiger partial charge in [0.2, 0.25) is 0 Å². The molecule has 0 aliphatic heterocycles. The number of hydrogen-bond donors (Lipinski definition) is 1. The summed E-state index contributed by atoms with van der Waals surface area (Å²) in [4.78, 5) is 10.8. The zero-order valence-electron chi connectivity index (χ0n) is 10.7. The fourth-order valence-electron chi connectivity index (χ4n) is 1.22. The molecule has 7 heteroatoms. The van der Waals surface area contributed by atoms with Gasteiger partial charge in [0.1, 0.15) is 0 Å². The topological polar surface area (TPSA) is 73.9 Å². The van der Waals surface area contributed by atoms with Crippen molar-refractivity contribution in [2.24, 2.45) is 0 Å². The van der Waals surface area contributed by atoms with Crippen LogP contribution in [0, 0.1) is 0 Å². The van der Waals surface area contributed by atoms with Gasteiger partial charge in [0.15, 0.2) is 0 Å². The van der Waals surface area contributed by atoms with E-state index in [1.165, 1.54) is 7.11 Å². The molecule has 0 aliphatic rings. The van der Waals surface area contributed by atoms with E-state index in [0.717, 1.165) is 0 Å². The summed E-state index contributed by atoms with van der Waals surface area (Å²) < 4.78 is 26.7. The summed E-state index contributed by atoms with van der Waals surface area (Å²) in [5.41, 5.74) is 0. The predicted octanol–water partition coefficient (Wildman–Crippen LogP) is 1.41. The van der Waals surface area contributed by atoms with Crippen LogP contribution in [0.15, 0.2) is 0 Å². The average molecular weight is 267 g/mol. The first-order valence-corrected chi connectivity index (χ1v) is 7.46. The van der Waals surface area contributed by atoms with Gasteiger partial charge in [-0.1, -0.05) is 0 Å². The molecule has 0 saturated carbocycles. The molecule has 0 aliphatic carbocycles. The van der Waals surface area contributed by atoms with Crippen molar-refractivity contribution < 1.29 is 23.1 Å². The minimum absolute atomic E-state index is 0.157. The van der Waals surface area contributed by atoms with Gasteiger partial charge in [0.05, 0.1) is 33.0 Å². The molecule has 0 unspecified atom stereocenters. The zero-order valence-corrected chi connectivity index (χ0v) is 11.6. The summed E-state index contributed by atoms with van der Waals surface area (Å²) in [6, 6.07) is 0. The highest BCUT2D eigenvalue weighted by Crippen LogP contribution is 2.48. The van der Waals surface area contributed by atoms with Gasteiger partial charge in [-0.15, -0.1) is 0 Å². The molecular weight excluding hydrogens is 245 g/mol. The molecule has 0 spiro atoms. The van der Waals surface area contributed by atoms with Crippen LogP contribution in [0.3, 0.4) is 0 Å². The first kappa shape index (κ1) is 16.6. The SMILES string of the molecule is CCOP(=O)(CCCNCC(=O)OC)OCC. The van der Waals surface area contributed by atoms with E-state index in [1.54, 1.807) is 13.8 Å². The molecule has 17 heavy (non-hydrogen) atoms. The summed E-state index contributed by atoms with van der Waals surface area (Å²) in [5, 5.41) is 2.89. The van der Waals surface area contributed by atoms with E-state index in [2.05, 4.69) is 10.1 Å². The smallest absolute Gasteiger partial charge is 0.330 e. The van der Waals surface area contributed by atoms with Crippen LogP contribution in [0.25, 0.3) is 0 Å². The molecule has 102 valence electrons. The normalized spacial score (nSPS) is 11.5. The molecule has 0 aromatic heterocycles. The number of nitrogens with one attached hydrogen (secondary N) is 1. The van der Waals surface area contributed by atoms with Crippen LogP contribution in [-0.4, -0.2) is 45.5 Å². The first-order chi connectivity index (χ1) is 8.08. The standard InChI is InChI=1S/C10H22NO5P/c1-4-15-17(13,16-5-2)8-6-7-11-9-10(12)14-3/h11H,4-9H2,1-3H3. The Balaban J connectivity index is 3.75. The minimum Gasteiger partial charge on any atom is -0.468 e. The average Bonchev–Trinajstić information content (AvgIpc) is 2.29. The van der Waals surface area contributed by atoms with Gasteiger partial charge < -0.3 is 19.1 Å². The van der Waals surface area contributed by atoms with Crippen molar-refractivity contribution in [1.82, 2.24) is 5.32 Å². The van der Waals surface area contributed by atoms with Gasteiger partial charge in [-0.05, 0) is 26.8 Å². The Hall–Kier alpha value is -0.420. The predicted molar refractivity (Wildman–Crippen MR) is 65.2 cm³/mol. The second kappa shape index (κ2) is 9.59. The Morgan fingerprint density at radius 2 is 1.82 bits per heavy atom. The van der Waals surface area contributed by atoms with Crippen LogP contribution >= 0.6 is 7.60 Å². The number of esters is 1. The molecule has 0 rings (SSSR count). The minimum atomic E-state index is -2.95. The number of methoxy groups -OCH3 is 1. The number of ether oxygens (including phenoxy) is 1. The highest BCUT2D eigenvalue weighted by atomic mass is 31.2. The molecular formula is C10H22NO5P. The third-order valence-corrected chi connectivity index (χ3v) is 4.10. The number of rotatable bonds is 10. The van der Waals surface area contributed by atoms with Gasteiger partial charge in [-0.25, -0.2) is 0 Å². The van der Waals surface area contributed by atoms with E-state index < -0.39 is 7.60 Å². The summed E-state index contributed by atoms with van der Waals surface area (Å²) >= 11 is 0. The second-order valence-electron chi connectivity index (χ2n) is 3.28. The van der Waals surface area contributed by atoms with Crippen molar-refractivity contribution in [3.05, 3.63) is 0 Å². The van der Waals surface area contributed by atoms with Crippen LogP contribution in [0.5, 0.6) is 0 Å². The molecule has 0 heterocycles. The Kier molecular flexibility index (Phi) is 9.36. The van der Waals surface area contributed by atoms with Gasteiger partial charge in [0.25, 0.3) is 0 Å². The maximum Gasteiger partial charge on any atom is 0.330 e. The highest BCUT2D eigenvalue weighted by Gasteiger charge is 2.22. The van der Waals surface area contributed by atoms with E-state index in [1.807, 2.05) is 0 Å². The lowest BCUT2D eigenvalue weighted by Crippen LogP contribution is -2.25. The van der Waals surface area contributed by atoms with Gasteiger partial charge in [0, 0.05) is 0 Å². The van der Waals surface area contributed by atoms with Gasteiger partial charge in [-0.3, -0.25) is 9.36 Å². The fraction of sp³-hybridized carbons (Fsp3) is 0.900. The van der Waals surface area contributed by atoms with E-state index in [0.29, 0.717) is 32.3 Å². The molecule has 0 saturated heterocycles. The molecule has 0 atom stereocenters. The Bertz CT molecular complexity index is 249. The monoisotopic (exact) mass is 267 g/mol. The van der Waals surface area contributed by atoms with Crippen molar-refractivity contribution in [2.75, 3.05) is 39.6 Å². The highest BCUT2D eigenvalue weighted by molar-refractivity contribution is 7.53. The van der Waals surface area contributed by atoms with Crippen LogP contribution in [0.1, 0.15) is 20.3 Å². The van der Waals surface area contributed by atoms with E-state index in [4.69, 9.17) is 9.05 Å². The fourth-order valence-corrected chi connectivity index (χ4v) is 2.89. The van der Waals surface area contributed by atoms with Crippen molar-refractivity contribution in [1.29, 1.82) is 0 Å². The lowest BCUT2D eigenvalue weighted by Gasteiger charge is -2.16. The van der Waals surface area contributed by atoms with Crippen LogP contribution < -0.4 is 5.32 Å². The van der Waals surface area contributed by atoms with Crippen molar-refractivity contribution in [2.45, 2.75) is 20.3 Å². The number of carbonyl (C=O) groups is 1. The van der Waals surface area contributed by atoms with Gasteiger partial charge >= 0.3 is 13.6 Å². The maximum absolute atomic E-state index is 12.0. The van der Waals surface area contributed by atoms with Crippen molar-refractivity contribution in [3.63, 3.8) is 0 Å². The second-order valence-corrected chi connectivity index (χ2v) is 5.46. The summed E-state index contributed by atoms with van der Waals surface area (Å²) in [5.74, 6) is -0.317. The summed E-state index contributed by atoms with van der Waals surface area (Å²) in [7, 11) is -1.61. The van der Waals surface area contributed by atoms with Crippen molar-refractivity contribution in [3.8, 4) is 0 Å². The third kappa shape index (κ3) is 8.32. The summed E-state index contributed by atoms with van der Waals surface area (Å²) in [6.07, 6.45) is 0.969. The number of hydrogen-bond acceptors (Lipinski definition) is 6. The van der Waals surface area contributed by atoms with Crippen LogP contribution in [0.2, 0.25) is 0 Å². The van der Waals surface area contributed by atoms with E-state index in [9.17, 15) is 9.36 Å². The largest absolute Gasteiger partial charge is 0.468 e. The molecule has 0 bridgehead atoms. The molecule has 0 fully saturated rings. The molecule has 1 N–H and O–H groups in total. The number of carbonyl (C=O) groups excluding carboxylic acids is 1. The zero-order chi connectivity index (χ0) is 13.1. The lowest BCUT2D eigenvalue weighted by molar-refractivity contribution is -0.139. The Morgan fingerprint density at radius 1 is 1.24 bits per heavy atom. The molecule has 6 nitrogen and oxygen atoms in total. The lowest BCUT2D eigenvalue weighted by atomic mass is 10.5. The molecule has 0 amide bonds. The molecule has 0 aromatic carbocycles. The van der Waals surface area contributed by atoms with E-state index >= 15 is 0 Å². The first-order valence-electron chi connectivity index (χ1n) is 5.73. The quantitative estimate of drug-likeness (QED) is 0.366. The Morgan fingerprint density at radius 3 is 2.29 bits per heavy atom. The third-order valence-electron chi connectivity index (χ3n) is 1.93. The van der Waals surface area contributed by atoms with Crippen molar-refractivity contribution >= 4 is 13.6 Å². The van der Waals surface area contributed by atoms with E-state index in [-0.39, 0.29) is 12.5 Å². The molecule has 0 radical (unpaired) electrons. The molecule has 0 aromatic rings. The van der Waals surface area contributed by atoms with Crippen LogP contribution in [0.4, 0.5) is 0 Å². The Labute approximate surface area is 103 Å². The maximum atomic E-state index is 12.0.